The molecule has 1 atom stereocenters. The van der Waals surface area contributed by atoms with Crippen LogP contribution in [0, 0.1) is 5.92 Å². The summed E-state index contributed by atoms with van der Waals surface area (Å²) in [4.78, 5) is 15.7. The van der Waals surface area contributed by atoms with E-state index in [-0.39, 0.29) is 5.92 Å². The quantitative estimate of drug-likeness (QED) is 0.666. The monoisotopic (exact) mass is 319 g/mol. The van der Waals surface area contributed by atoms with Gasteiger partial charge in [0.05, 0.1) is 5.92 Å². The predicted octanol–water partition coefficient (Wildman–Crippen LogP) is 3.80. The van der Waals surface area contributed by atoms with Gasteiger partial charge in [0.2, 0.25) is 0 Å². The van der Waals surface area contributed by atoms with E-state index in [4.69, 9.17) is 14.8 Å². The van der Waals surface area contributed by atoms with Gasteiger partial charge in [0.25, 0.3) is 0 Å². The van der Waals surface area contributed by atoms with E-state index in [2.05, 4.69) is 12.1 Å². The van der Waals surface area contributed by atoms with Crippen LogP contribution in [-0.2, 0) is 28.8 Å². The van der Waals surface area contributed by atoms with Gasteiger partial charge < -0.3 is 9.84 Å². The summed E-state index contributed by atoms with van der Waals surface area (Å²) in [5.41, 5.74) is 3.94. The van der Waals surface area contributed by atoms with E-state index in [1.807, 2.05) is 6.92 Å². The molecule has 1 aromatic rings. The van der Waals surface area contributed by atoms with Crippen molar-refractivity contribution in [2.75, 3.05) is 13.2 Å². The minimum Gasteiger partial charge on any atom is -0.481 e. The number of aryl methyl sites for hydroxylation is 3. The summed E-state index contributed by atoms with van der Waals surface area (Å²) in [6, 6.07) is 4.42. The number of hydrogen-bond donors (Lipinski definition) is 1. The fourth-order valence-electron chi connectivity index (χ4n) is 3.11. The van der Waals surface area contributed by atoms with Gasteiger partial charge in [-0.2, -0.15) is 0 Å². The molecule has 1 heterocycles. The molecule has 4 heteroatoms. The lowest BCUT2D eigenvalue weighted by Crippen LogP contribution is -2.15. The van der Waals surface area contributed by atoms with E-state index in [0.717, 1.165) is 25.7 Å². The maximum atomic E-state index is 10.9. The van der Waals surface area contributed by atoms with E-state index in [0.29, 0.717) is 26.1 Å². The fraction of sp³-hybridized carbons (Fsp3) is 0.684. The second-order valence-electron chi connectivity index (χ2n) is 6.42. The zero-order chi connectivity index (χ0) is 16.5. The molecule has 1 aliphatic carbocycles. The number of hydrogen-bond acceptors (Lipinski definition) is 3. The van der Waals surface area contributed by atoms with Gasteiger partial charge in [-0.3, -0.25) is 9.78 Å². The third-order valence-electron chi connectivity index (χ3n) is 4.66. The molecule has 0 saturated carbocycles. The molecule has 1 aromatic heterocycles. The molecular formula is C19H29NO3. The Bertz CT molecular complexity index is 501. The van der Waals surface area contributed by atoms with Crippen molar-refractivity contribution in [3.05, 3.63) is 29.1 Å². The third-order valence-corrected chi connectivity index (χ3v) is 4.66. The van der Waals surface area contributed by atoms with Crippen molar-refractivity contribution in [2.45, 2.75) is 64.7 Å². The van der Waals surface area contributed by atoms with Gasteiger partial charge in [-0.05, 0) is 69.4 Å². The van der Waals surface area contributed by atoms with Crippen LogP contribution < -0.4 is 0 Å². The first-order valence-electron chi connectivity index (χ1n) is 8.99. The Morgan fingerprint density at radius 3 is 2.87 bits per heavy atom. The number of fused-ring (bicyclic) bond motifs is 1. The molecule has 0 saturated heterocycles. The first kappa shape index (κ1) is 17.9. The van der Waals surface area contributed by atoms with Crippen molar-refractivity contribution < 1.29 is 14.6 Å². The van der Waals surface area contributed by atoms with Gasteiger partial charge in [0.1, 0.15) is 0 Å². The van der Waals surface area contributed by atoms with Crippen LogP contribution >= 0.6 is 0 Å². The number of nitrogens with zero attached hydrogens (tertiary/aromatic N) is 1. The molecule has 2 rings (SSSR count). The summed E-state index contributed by atoms with van der Waals surface area (Å²) < 4.78 is 5.56. The minimum atomic E-state index is -0.713. The van der Waals surface area contributed by atoms with Gasteiger partial charge in [-0.25, -0.2) is 0 Å². The minimum absolute atomic E-state index is 0.269. The lowest BCUT2D eigenvalue weighted by atomic mass is 9.95. The SMILES string of the molecule is CCC(CCOCCCCc1ccc2c(n1)CCCC2)C(=O)O. The smallest absolute Gasteiger partial charge is 0.306 e. The molecule has 23 heavy (non-hydrogen) atoms. The summed E-state index contributed by atoms with van der Waals surface area (Å²) in [7, 11) is 0. The van der Waals surface area contributed by atoms with Gasteiger partial charge in [0, 0.05) is 24.6 Å². The Morgan fingerprint density at radius 2 is 2.09 bits per heavy atom. The molecule has 0 aromatic carbocycles. The van der Waals surface area contributed by atoms with E-state index >= 15 is 0 Å². The second-order valence-corrected chi connectivity index (χ2v) is 6.42. The van der Waals surface area contributed by atoms with Crippen LogP contribution in [0.4, 0.5) is 0 Å². The van der Waals surface area contributed by atoms with Crippen molar-refractivity contribution in [3.63, 3.8) is 0 Å². The summed E-state index contributed by atoms with van der Waals surface area (Å²) in [5, 5.41) is 8.96. The highest BCUT2D eigenvalue weighted by molar-refractivity contribution is 5.69. The maximum absolute atomic E-state index is 10.9. The van der Waals surface area contributed by atoms with Crippen LogP contribution in [0.1, 0.15) is 62.4 Å². The van der Waals surface area contributed by atoms with Crippen LogP contribution in [0.2, 0.25) is 0 Å². The Hall–Kier alpha value is -1.42. The highest BCUT2D eigenvalue weighted by atomic mass is 16.5. The summed E-state index contributed by atoms with van der Waals surface area (Å²) in [5.74, 6) is -0.982. The van der Waals surface area contributed by atoms with Crippen LogP contribution in [0.25, 0.3) is 0 Å². The summed E-state index contributed by atoms with van der Waals surface area (Å²) in [6.07, 6.45) is 9.24. The van der Waals surface area contributed by atoms with Crippen LogP contribution in [0.3, 0.4) is 0 Å². The Morgan fingerprint density at radius 1 is 1.26 bits per heavy atom. The average Bonchev–Trinajstić information content (AvgIpc) is 2.57. The number of aliphatic carboxylic acids is 1. The number of carbonyl (C=O) groups is 1. The highest BCUT2D eigenvalue weighted by Gasteiger charge is 2.14. The molecular weight excluding hydrogens is 290 g/mol. The number of aromatic nitrogens is 1. The number of ether oxygens (including phenoxy) is 1. The maximum Gasteiger partial charge on any atom is 0.306 e. The number of carboxylic acids is 1. The second kappa shape index (κ2) is 9.66. The average molecular weight is 319 g/mol. The Balaban J connectivity index is 1.58. The van der Waals surface area contributed by atoms with Gasteiger partial charge in [0.15, 0.2) is 0 Å². The van der Waals surface area contributed by atoms with Crippen molar-refractivity contribution in [2.24, 2.45) is 5.92 Å². The molecule has 4 nitrogen and oxygen atoms in total. The molecule has 0 amide bonds. The molecule has 1 N–H and O–H groups in total. The van der Waals surface area contributed by atoms with E-state index in [1.54, 1.807) is 0 Å². The normalized spacial score (nSPS) is 15.2. The van der Waals surface area contributed by atoms with Crippen molar-refractivity contribution in [3.8, 4) is 0 Å². The predicted molar refractivity (Wildman–Crippen MR) is 90.7 cm³/mol. The van der Waals surface area contributed by atoms with Gasteiger partial charge >= 0.3 is 5.97 Å². The largest absolute Gasteiger partial charge is 0.481 e. The first-order chi connectivity index (χ1) is 11.2. The van der Waals surface area contributed by atoms with Crippen molar-refractivity contribution >= 4 is 5.97 Å². The summed E-state index contributed by atoms with van der Waals surface area (Å²) >= 11 is 0. The first-order valence-corrected chi connectivity index (χ1v) is 8.99. The number of carboxylic acid groups (broad SMARTS) is 1. The molecule has 1 aliphatic rings. The standard InChI is InChI=1S/C19H29NO3/c1-2-15(19(21)22)12-14-23-13-6-5-8-17-11-10-16-7-3-4-9-18(16)20-17/h10-11,15H,2-9,12-14H2,1H3,(H,21,22). The number of pyridine rings is 1. The van der Waals surface area contributed by atoms with Gasteiger partial charge in [-0.1, -0.05) is 13.0 Å². The lowest BCUT2D eigenvalue weighted by molar-refractivity contribution is -0.142. The molecule has 0 radical (unpaired) electrons. The lowest BCUT2D eigenvalue weighted by Gasteiger charge is -2.15. The van der Waals surface area contributed by atoms with E-state index < -0.39 is 5.97 Å². The number of rotatable bonds is 10. The Labute approximate surface area is 139 Å². The zero-order valence-electron chi connectivity index (χ0n) is 14.2. The molecule has 1 unspecified atom stereocenters. The highest BCUT2D eigenvalue weighted by Crippen LogP contribution is 2.20. The van der Waals surface area contributed by atoms with Crippen molar-refractivity contribution in [1.82, 2.24) is 4.98 Å². The fourth-order valence-corrected chi connectivity index (χ4v) is 3.11. The van der Waals surface area contributed by atoms with Crippen LogP contribution in [0.15, 0.2) is 12.1 Å². The molecule has 0 aliphatic heterocycles. The van der Waals surface area contributed by atoms with E-state index in [1.165, 1.54) is 36.2 Å². The number of unbranched alkanes of at least 4 members (excludes halogenated alkanes) is 1. The third kappa shape index (κ3) is 5.94. The van der Waals surface area contributed by atoms with Crippen molar-refractivity contribution in [1.29, 1.82) is 0 Å². The topological polar surface area (TPSA) is 59.4 Å². The molecule has 0 spiro atoms. The van der Waals surface area contributed by atoms with Gasteiger partial charge in [-0.15, -0.1) is 0 Å². The molecule has 0 bridgehead atoms. The van der Waals surface area contributed by atoms with E-state index in [9.17, 15) is 4.79 Å². The molecule has 0 fully saturated rings. The van der Waals surface area contributed by atoms with Crippen LogP contribution in [-0.4, -0.2) is 29.3 Å². The Kier molecular flexibility index (Phi) is 7.53. The zero-order valence-corrected chi connectivity index (χ0v) is 14.2. The summed E-state index contributed by atoms with van der Waals surface area (Å²) in [6.45, 7) is 3.16. The van der Waals surface area contributed by atoms with Crippen LogP contribution in [0.5, 0.6) is 0 Å². The molecule has 128 valence electrons.